The molecule has 13 heavy (non-hydrogen) atoms. The first-order valence-electron chi connectivity index (χ1n) is 4.12. The summed E-state index contributed by atoms with van der Waals surface area (Å²) in [6.45, 7) is 4.16. The standard InChI is InChI=1S/C10H10N2O/c1-2-8-11-10(13)12(11)9-6-4-3-5-7-9/h2-7H,1,8H2. The highest BCUT2D eigenvalue weighted by molar-refractivity contribution is 6.05. The number of carbonyl (C=O) groups excluding carboxylic acids is 1. The monoisotopic (exact) mass is 174 g/mol. The fourth-order valence-corrected chi connectivity index (χ4v) is 1.26. The Kier molecular flexibility index (Phi) is 1.77. The van der Waals surface area contributed by atoms with E-state index in [0.29, 0.717) is 6.54 Å². The van der Waals surface area contributed by atoms with Gasteiger partial charge in [-0.05, 0) is 12.1 Å². The number of nitrogens with zero attached hydrogens (tertiary/aromatic N) is 2. The van der Waals surface area contributed by atoms with E-state index in [1.54, 1.807) is 16.1 Å². The molecule has 1 heterocycles. The van der Waals surface area contributed by atoms with E-state index in [4.69, 9.17) is 0 Å². The van der Waals surface area contributed by atoms with Gasteiger partial charge in [0.25, 0.3) is 0 Å². The Balaban J connectivity index is 2.13. The average Bonchev–Trinajstić information content (AvgIpc) is 2.79. The molecule has 0 atom stereocenters. The number of para-hydroxylation sites is 1. The zero-order chi connectivity index (χ0) is 9.26. The summed E-state index contributed by atoms with van der Waals surface area (Å²) in [6, 6.07) is 9.59. The molecular weight excluding hydrogens is 164 g/mol. The van der Waals surface area contributed by atoms with Gasteiger partial charge in [-0.15, -0.1) is 6.58 Å². The summed E-state index contributed by atoms with van der Waals surface area (Å²) in [5, 5.41) is 3.25. The Morgan fingerprint density at radius 2 is 2.00 bits per heavy atom. The topological polar surface area (TPSA) is 23.1 Å². The van der Waals surface area contributed by atoms with E-state index < -0.39 is 0 Å². The molecule has 1 aliphatic heterocycles. The lowest BCUT2D eigenvalue weighted by atomic mass is 10.3. The molecule has 3 heteroatoms. The van der Waals surface area contributed by atoms with Crippen molar-refractivity contribution in [2.75, 3.05) is 11.6 Å². The third-order valence-corrected chi connectivity index (χ3v) is 1.91. The van der Waals surface area contributed by atoms with Crippen LogP contribution in [0.25, 0.3) is 0 Å². The number of carbonyl (C=O) groups is 1. The molecule has 0 saturated carbocycles. The van der Waals surface area contributed by atoms with E-state index in [-0.39, 0.29) is 6.03 Å². The summed E-state index contributed by atoms with van der Waals surface area (Å²) in [6.07, 6.45) is 1.71. The van der Waals surface area contributed by atoms with Crippen molar-refractivity contribution < 1.29 is 4.79 Å². The van der Waals surface area contributed by atoms with Crippen molar-refractivity contribution in [2.45, 2.75) is 0 Å². The van der Waals surface area contributed by atoms with Crippen LogP contribution in [0.3, 0.4) is 0 Å². The van der Waals surface area contributed by atoms with Crippen LogP contribution in [0, 0.1) is 0 Å². The average molecular weight is 174 g/mol. The van der Waals surface area contributed by atoms with Gasteiger partial charge in [-0.25, -0.2) is 9.80 Å². The highest BCUT2D eigenvalue weighted by Crippen LogP contribution is 2.27. The Labute approximate surface area is 76.8 Å². The second-order valence-corrected chi connectivity index (χ2v) is 2.80. The van der Waals surface area contributed by atoms with Gasteiger partial charge in [-0.1, -0.05) is 24.3 Å². The summed E-state index contributed by atoms with van der Waals surface area (Å²) < 4.78 is 0. The van der Waals surface area contributed by atoms with Crippen LogP contribution in [0.2, 0.25) is 0 Å². The van der Waals surface area contributed by atoms with Crippen LogP contribution in [0.15, 0.2) is 43.0 Å². The van der Waals surface area contributed by atoms with E-state index in [9.17, 15) is 4.79 Å². The molecule has 0 aliphatic carbocycles. The van der Waals surface area contributed by atoms with Gasteiger partial charge in [-0.2, -0.15) is 5.01 Å². The fourth-order valence-electron chi connectivity index (χ4n) is 1.26. The number of amides is 2. The van der Waals surface area contributed by atoms with Crippen LogP contribution in [0.1, 0.15) is 0 Å². The Hall–Kier alpha value is -1.77. The number of anilines is 1. The van der Waals surface area contributed by atoms with Crippen LogP contribution in [0.4, 0.5) is 10.5 Å². The number of hydrogen-bond acceptors (Lipinski definition) is 1. The predicted molar refractivity (Wildman–Crippen MR) is 51.2 cm³/mol. The van der Waals surface area contributed by atoms with Gasteiger partial charge in [0.1, 0.15) is 0 Å². The molecule has 1 aliphatic rings. The molecule has 0 aromatic heterocycles. The lowest BCUT2D eigenvalue weighted by molar-refractivity contribution is 0.259. The van der Waals surface area contributed by atoms with E-state index in [1.165, 1.54) is 0 Å². The van der Waals surface area contributed by atoms with Gasteiger partial charge in [0.05, 0.1) is 12.2 Å². The van der Waals surface area contributed by atoms with Gasteiger partial charge >= 0.3 is 6.03 Å². The first-order valence-corrected chi connectivity index (χ1v) is 4.12. The zero-order valence-electron chi connectivity index (χ0n) is 7.18. The molecule has 0 unspecified atom stereocenters. The van der Waals surface area contributed by atoms with E-state index in [1.807, 2.05) is 30.3 Å². The molecular formula is C10H10N2O. The summed E-state index contributed by atoms with van der Waals surface area (Å²) in [5.74, 6) is 0. The van der Waals surface area contributed by atoms with Gasteiger partial charge < -0.3 is 0 Å². The smallest absolute Gasteiger partial charge is 0.244 e. The van der Waals surface area contributed by atoms with Crippen LogP contribution in [-0.2, 0) is 0 Å². The maximum absolute atomic E-state index is 11.2. The maximum atomic E-state index is 11.2. The Bertz CT molecular complexity index is 334. The number of benzene rings is 1. The molecule has 1 aromatic carbocycles. The third kappa shape index (κ3) is 1.28. The zero-order valence-corrected chi connectivity index (χ0v) is 7.18. The summed E-state index contributed by atoms with van der Waals surface area (Å²) in [7, 11) is 0. The first-order chi connectivity index (χ1) is 6.34. The lowest BCUT2D eigenvalue weighted by Gasteiger charge is -2.00. The summed E-state index contributed by atoms with van der Waals surface area (Å²) >= 11 is 0. The lowest BCUT2D eigenvalue weighted by Crippen LogP contribution is -2.04. The minimum Gasteiger partial charge on any atom is -0.244 e. The molecule has 1 fully saturated rings. The molecule has 0 N–H and O–H groups in total. The largest absolute Gasteiger partial charge is 0.363 e. The third-order valence-electron chi connectivity index (χ3n) is 1.91. The molecule has 0 radical (unpaired) electrons. The van der Waals surface area contributed by atoms with Gasteiger partial charge in [0.2, 0.25) is 0 Å². The maximum Gasteiger partial charge on any atom is 0.363 e. The molecule has 2 amide bonds. The Morgan fingerprint density at radius 1 is 1.31 bits per heavy atom. The quantitative estimate of drug-likeness (QED) is 0.508. The Morgan fingerprint density at radius 3 is 2.62 bits per heavy atom. The highest BCUT2D eigenvalue weighted by Gasteiger charge is 2.42. The van der Waals surface area contributed by atoms with Crippen LogP contribution >= 0.6 is 0 Å². The van der Waals surface area contributed by atoms with Crippen LogP contribution in [0.5, 0.6) is 0 Å². The van der Waals surface area contributed by atoms with Crippen molar-refractivity contribution >= 4 is 11.7 Å². The van der Waals surface area contributed by atoms with E-state index in [2.05, 4.69) is 6.58 Å². The van der Waals surface area contributed by atoms with Crippen molar-refractivity contribution in [3.05, 3.63) is 43.0 Å². The number of urea groups is 1. The van der Waals surface area contributed by atoms with Crippen LogP contribution in [-0.4, -0.2) is 17.6 Å². The van der Waals surface area contributed by atoms with Crippen molar-refractivity contribution in [3.63, 3.8) is 0 Å². The van der Waals surface area contributed by atoms with Crippen molar-refractivity contribution in [2.24, 2.45) is 0 Å². The molecule has 0 bridgehead atoms. The van der Waals surface area contributed by atoms with Crippen molar-refractivity contribution in [1.29, 1.82) is 0 Å². The molecule has 0 spiro atoms. The highest BCUT2D eigenvalue weighted by atomic mass is 16.2. The normalized spacial score (nSPS) is 14.6. The number of rotatable bonds is 3. The molecule has 2 rings (SSSR count). The van der Waals surface area contributed by atoms with E-state index >= 15 is 0 Å². The number of hydrogen-bond donors (Lipinski definition) is 0. The SMILES string of the molecule is C=CCN1C(=O)N1c1ccccc1. The fraction of sp³-hybridized carbons (Fsp3) is 0.100. The van der Waals surface area contributed by atoms with Gasteiger partial charge in [-0.3, -0.25) is 0 Å². The molecule has 3 nitrogen and oxygen atoms in total. The number of hydrazine groups is 1. The molecule has 66 valence electrons. The second-order valence-electron chi connectivity index (χ2n) is 2.80. The van der Waals surface area contributed by atoms with E-state index in [0.717, 1.165) is 5.69 Å². The van der Waals surface area contributed by atoms with Crippen molar-refractivity contribution in [1.82, 2.24) is 5.01 Å². The minimum atomic E-state index is 0.0334. The van der Waals surface area contributed by atoms with Crippen molar-refractivity contribution in [3.8, 4) is 0 Å². The van der Waals surface area contributed by atoms with Gasteiger partial charge in [0, 0.05) is 0 Å². The second kappa shape index (κ2) is 2.94. The summed E-state index contributed by atoms with van der Waals surface area (Å²) in [5.41, 5.74) is 0.911. The molecule has 1 saturated heterocycles. The molecule has 1 aromatic rings. The van der Waals surface area contributed by atoms with Crippen LogP contribution < -0.4 is 5.01 Å². The minimum absolute atomic E-state index is 0.0334. The summed E-state index contributed by atoms with van der Waals surface area (Å²) in [4.78, 5) is 11.2. The first kappa shape index (κ1) is 7.86. The van der Waals surface area contributed by atoms with Gasteiger partial charge in [0.15, 0.2) is 0 Å². The predicted octanol–water partition coefficient (Wildman–Crippen LogP) is 2.03.